The van der Waals surface area contributed by atoms with Crippen LogP contribution in [0.2, 0.25) is 0 Å². The van der Waals surface area contributed by atoms with Gasteiger partial charge in [-0.05, 0) is 54.9 Å². The van der Waals surface area contributed by atoms with Crippen molar-refractivity contribution in [3.63, 3.8) is 0 Å². The minimum Gasteiger partial charge on any atom is -0.207 e. The van der Waals surface area contributed by atoms with Crippen LogP contribution < -0.4 is 4.72 Å². The number of benzene rings is 1. The van der Waals surface area contributed by atoms with Crippen molar-refractivity contribution in [1.29, 1.82) is 0 Å². The molecule has 7 heteroatoms. The van der Waals surface area contributed by atoms with Crippen molar-refractivity contribution in [2.75, 3.05) is 0 Å². The number of aromatic nitrogens is 3. The molecular formula is C17H24N4O2S. The van der Waals surface area contributed by atoms with Gasteiger partial charge in [-0.1, -0.05) is 19.9 Å². The van der Waals surface area contributed by atoms with Gasteiger partial charge in [-0.25, -0.2) is 13.1 Å². The lowest BCUT2D eigenvalue weighted by Gasteiger charge is -2.22. The minimum atomic E-state index is -3.56. The molecule has 0 saturated heterocycles. The highest BCUT2D eigenvalue weighted by Crippen LogP contribution is 2.24. The van der Waals surface area contributed by atoms with Crippen molar-refractivity contribution in [1.82, 2.24) is 19.7 Å². The van der Waals surface area contributed by atoms with Crippen LogP contribution in [0.3, 0.4) is 0 Å². The second-order valence-electron chi connectivity index (χ2n) is 6.69. The molecule has 0 radical (unpaired) electrons. The zero-order valence-electron chi connectivity index (χ0n) is 14.1. The lowest BCUT2D eigenvalue weighted by atomic mass is 9.92. The summed E-state index contributed by atoms with van der Waals surface area (Å²) in [6, 6.07) is 5.25. The van der Waals surface area contributed by atoms with E-state index in [4.69, 9.17) is 0 Å². The summed E-state index contributed by atoms with van der Waals surface area (Å²) in [6.07, 6.45) is 7.50. The van der Waals surface area contributed by atoms with Crippen molar-refractivity contribution in [3.05, 3.63) is 41.7 Å². The van der Waals surface area contributed by atoms with E-state index in [1.165, 1.54) is 22.3 Å². The summed E-state index contributed by atoms with van der Waals surface area (Å²) in [5, 5.41) is 8.14. The van der Waals surface area contributed by atoms with E-state index >= 15 is 0 Å². The Balaban J connectivity index is 1.81. The van der Waals surface area contributed by atoms with Crippen LogP contribution in [0.15, 0.2) is 35.5 Å². The Morgan fingerprint density at radius 2 is 1.79 bits per heavy atom. The molecule has 130 valence electrons. The van der Waals surface area contributed by atoms with E-state index in [-0.39, 0.29) is 12.0 Å². The van der Waals surface area contributed by atoms with E-state index in [2.05, 4.69) is 14.9 Å². The molecule has 6 nitrogen and oxygen atoms in total. The molecule has 2 aromatic rings. The van der Waals surface area contributed by atoms with Crippen LogP contribution in [0.4, 0.5) is 0 Å². The predicted octanol–water partition coefficient (Wildman–Crippen LogP) is 2.16. The minimum absolute atomic E-state index is 0.128. The van der Waals surface area contributed by atoms with Gasteiger partial charge in [-0.15, -0.1) is 0 Å². The molecule has 1 atom stereocenters. The van der Waals surface area contributed by atoms with Crippen molar-refractivity contribution >= 4 is 10.0 Å². The molecule has 1 aromatic heterocycles. The van der Waals surface area contributed by atoms with Crippen LogP contribution in [0.1, 0.15) is 37.8 Å². The van der Waals surface area contributed by atoms with Gasteiger partial charge < -0.3 is 0 Å². The highest BCUT2D eigenvalue weighted by molar-refractivity contribution is 7.89. The molecule has 0 saturated carbocycles. The highest BCUT2D eigenvalue weighted by atomic mass is 32.2. The second kappa shape index (κ2) is 7.03. The van der Waals surface area contributed by atoms with E-state index < -0.39 is 10.0 Å². The number of nitrogens with zero attached hydrogens (tertiary/aromatic N) is 3. The van der Waals surface area contributed by atoms with E-state index in [1.54, 1.807) is 18.5 Å². The summed E-state index contributed by atoms with van der Waals surface area (Å²) >= 11 is 0. The van der Waals surface area contributed by atoms with Crippen molar-refractivity contribution < 1.29 is 8.42 Å². The normalized spacial score (nSPS) is 16.1. The van der Waals surface area contributed by atoms with Gasteiger partial charge in [0.15, 0.2) is 0 Å². The SMILES string of the molecule is CC(C)[C@@H](Cn1nccn1)NS(=O)(=O)c1ccc2c(c1)CCCC2. The Hall–Kier alpha value is -1.73. The second-order valence-corrected chi connectivity index (χ2v) is 8.41. The van der Waals surface area contributed by atoms with Gasteiger partial charge >= 0.3 is 0 Å². The van der Waals surface area contributed by atoms with Gasteiger partial charge in [0, 0.05) is 6.04 Å². The number of sulfonamides is 1. The molecule has 0 aliphatic heterocycles. The number of rotatable bonds is 6. The van der Waals surface area contributed by atoms with Gasteiger partial charge in [0.05, 0.1) is 23.8 Å². The quantitative estimate of drug-likeness (QED) is 0.868. The fraction of sp³-hybridized carbons (Fsp3) is 0.529. The lowest BCUT2D eigenvalue weighted by molar-refractivity contribution is 0.361. The monoisotopic (exact) mass is 348 g/mol. The summed E-state index contributed by atoms with van der Waals surface area (Å²) < 4.78 is 28.4. The first-order valence-electron chi connectivity index (χ1n) is 8.44. The third kappa shape index (κ3) is 3.84. The molecule has 1 aliphatic carbocycles. The summed E-state index contributed by atoms with van der Waals surface area (Å²) in [4.78, 5) is 1.86. The van der Waals surface area contributed by atoms with Crippen LogP contribution in [0.25, 0.3) is 0 Å². The van der Waals surface area contributed by atoms with Crippen LogP contribution in [-0.2, 0) is 29.4 Å². The molecule has 0 unspecified atom stereocenters. The summed E-state index contributed by atoms with van der Waals surface area (Å²) in [6.45, 7) is 4.39. The lowest BCUT2D eigenvalue weighted by Crippen LogP contribution is -2.42. The molecule has 24 heavy (non-hydrogen) atoms. The van der Waals surface area contributed by atoms with E-state index in [1.807, 2.05) is 26.0 Å². The molecular weight excluding hydrogens is 324 g/mol. The molecule has 0 amide bonds. The molecule has 0 fully saturated rings. The molecule has 0 bridgehead atoms. The predicted molar refractivity (Wildman–Crippen MR) is 92.1 cm³/mol. The molecule has 1 aromatic carbocycles. The third-order valence-corrected chi connectivity index (χ3v) is 6.06. The van der Waals surface area contributed by atoms with Crippen LogP contribution >= 0.6 is 0 Å². The van der Waals surface area contributed by atoms with Crippen LogP contribution in [0.5, 0.6) is 0 Å². The van der Waals surface area contributed by atoms with Gasteiger partial charge in [-0.3, -0.25) is 0 Å². The fourth-order valence-electron chi connectivity index (χ4n) is 3.04. The Labute approximate surface area is 143 Å². The van der Waals surface area contributed by atoms with Crippen molar-refractivity contribution in [2.24, 2.45) is 5.92 Å². The Morgan fingerprint density at radius 3 is 2.46 bits per heavy atom. The summed E-state index contributed by atoms with van der Waals surface area (Å²) in [5.41, 5.74) is 2.44. The highest BCUT2D eigenvalue weighted by Gasteiger charge is 2.24. The van der Waals surface area contributed by atoms with E-state index in [9.17, 15) is 8.42 Å². The zero-order valence-corrected chi connectivity index (χ0v) is 15.0. The van der Waals surface area contributed by atoms with Gasteiger partial charge in [0.2, 0.25) is 10.0 Å². The maximum atomic E-state index is 12.8. The molecule has 3 rings (SSSR count). The maximum Gasteiger partial charge on any atom is 0.240 e. The number of hydrogen-bond acceptors (Lipinski definition) is 4. The number of aryl methyl sites for hydroxylation is 2. The first kappa shape index (κ1) is 17.1. The summed E-state index contributed by atoms with van der Waals surface area (Å²) in [5.74, 6) is 0.128. The zero-order chi connectivity index (χ0) is 17.2. The average Bonchev–Trinajstić information content (AvgIpc) is 3.06. The fourth-order valence-corrected chi connectivity index (χ4v) is 4.47. The smallest absolute Gasteiger partial charge is 0.207 e. The van der Waals surface area contributed by atoms with Gasteiger partial charge in [-0.2, -0.15) is 15.0 Å². The number of hydrogen-bond donors (Lipinski definition) is 1. The number of nitrogens with one attached hydrogen (secondary N) is 1. The van der Waals surface area contributed by atoms with E-state index in [0.29, 0.717) is 11.4 Å². The van der Waals surface area contributed by atoms with E-state index in [0.717, 1.165) is 19.3 Å². The van der Waals surface area contributed by atoms with Crippen LogP contribution in [0, 0.1) is 5.92 Å². The standard InChI is InChI=1S/C17H24N4O2S/c1-13(2)17(12-21-18-9-10-19-21)20-24(22,23)16-8-7-14-5-3-4-6-15(14)11-16/h7-11,13,17,20H,3-6,12H2,1-2H3/t17-/m1/s1. The topological polar surface area (TPSA) is 76.9 Å². The van der Waals surface area contributed by atoms with Crippen molar-refractivity contribution in [3.8, 4) is 0 Å². The van der Waals surface area contributed by atoms with Crippen molar-refractivity contribution in [2.45, 2.75) is 57.0 Å². The van der Waals surface area contributed by atoms with Gasteiger partial charge in [0.1, 0.15) is 0 Å². The molecule has 1 N–H and O–H groups in total. The molecule has 1 heterocycles. The summed E-state index contributed by atoms with van der Waals surface area (Å²) in [7, 11) is -3.56. The van der Waals surface area contributed by atoms with Crippen LogP contribution in [-0.4, -0.2) is 29.5 Å². The maximum absolute atomic E-state index is 12.8. The molecule has 0 spiro atoms. The number of fused-ring (bicyclic) bond motifs is 1. The average molecular weight is 348 g/mol. The first-order chi connectivity index (χ1) is 11.5. The largest absolute Gasteiger partial charge is 0.240 e. The molecule has 1 aliphatic rings. The third-order valence-electron chi connectivity index (χ3n) is 4.57. The Bertz CT molecular complexity index is 785. The Kier molecular flexibility index (Phi) is 5.01. The Morgan fingerprint density at radius 1 is 1.12 bits per heavy atom. The first-order valence-corrected chi connectivity index (χ1v) is 9.92. The van der Waals surface area contributed by atoms with Gasteiger partial charge in [0.25, 0.3) is 0 Å².